The number of hydrogen-bond donors (Lipinski definition) is 0. The number of fused-ring (bicyclic) bond motifs is 4. The predicted molar refractivity (Wildman–Crippen MR) is 87.3 cm³/mol. The molecular formula is C16H8BrClN2. The van der Waals surface area contributed by atoms with Crippen molar-refractivity contribution in [2.24, 2.45) is 0 Å². The molecule has 96 valence electrons. The summed E-state index contributed by atoms with van der Waals surface area (Å²) in [6.07, 6.45) is 0. The summed E-state index contributed by atoms with van der Waals surface area (Å²) >= 11 is 9.95. The van der Waals surface area contributed by atoms with Crippen LogP contribution in [0.1, 0.15) is 0 Å². The lowest BCUT2D eigenvalue weighted by molar-refractivity contribution is 1.35. The molecular weight excluding hydrogens is 336 g/mol. The Morgan fingerprint density at radius 2 is 1.60 bits per heavy atom. The topological polar surface area (TPSA) is 25.8 Å². The molecule has 2 aromatic carbocycles. The molecule has 0 radical (unpaired) electrons. The molecule has 0 spiro atoms. The summed E-state index contributed by atoms with van der Waals surface area (Å²) < 4.78 is 0.795. The van der Waals surface area contributed by atoms with Gasteiger partial charge in [0.25, 0.3) is 0 Å². The van der Waals surface area contributed by atoms with Crippen LogP contribution in [0.25, 0.3) is 32.7 Å². The maximum absolute atomic E-state index is 6.54. The molecule has 0 amide bonds. The minimum Gasteiger partial charge on any atom is -0.245 e. The third-order valence-corrected chi connectivity index (χ3v) is 4.26. The summed E-state index contributed by atoms with van der Waals surface area (Å²) in [6.45, 7) is 0. The lowest BCUT2D eigenvalue weighted by atomic mass is 10.1. The van der Waals surface area contributed by atoms with Crippen LogP contribution >= 0.6 is 27.5 Å². The lowest BCUT2D eigenvalue weighted by Gasteiger charge is -2.07. The van der Waals surface area contributed by atoms with Gasteiger partial charge < -0.3 is 0 Å². The Hall–Kier alpha value is -1.71. The van der Waals surface area contributed by atoms with Crippen molar-refractivity contribution in [3.63, 3.8) is 0 Å². The van der Waals surface area contributed by atoms with Crippen molar-refractivity contribution < 1.29 is 0 Å². The molecule has 0 fully saturated rings. The Balaban J connectivity index is 2.30. The molecule has 0 aliphatic carbocycles. The summed E-state index contributed by atoms with van der Waals surface area (Å²) in [6, 6.07) is 15.9. The van der Waals surface area contributed by atoms with E-state index in [0.717, 1.165) is 42.3 Å². The van der Waals surface area contributed by atoms with Gasteiger partial charge in [0.05, 0.1) is 21.6 Å². The van der Waals surface area contributed by atoms with Gasteiger partial charge in [-0.05, 0) is 28.1 Å². The average Bonchev–Trinajstić information content (AvgIpc) is 2.47. The third-order valence-electron chi connectivity index (χ3n) is 3.41. The number of pyridine rings is 2. The first-order valence-electron chi connectivity index (χ1n) is 6.17. The zero-order chi connectivity index (χ0) is 13.7. The van der Waals surface area contributed by atoms with E-state index < -0.39 is 0 Å². The molecule has 0 N–H and O–H groups in total. The van der Waals surface area contributed by atoms with E-state index >= 15 is 0 Å². The van der Waals surface area contributed by atoms with Gasteiger partial charge in [-0.3, -0.25) is 0 Å². The molecule has 2 aromatic heterocycles. The van der Waals surface area contributed by atoms with E-state index in [9.17, 15) is 0 Å². The Bertz CT molecular complexity index is 982. The van der Waals surface area contributed by atoms with Crippen molar-refractivity contribution >= 4 is 60.2 Å². The molecule has 0 atom stereocenters. The van der Waals surface area contributed by atoms with Crippen molar-refractivity contribution in [2.45, 2.75) is 0 Å². The maximum atomic E-state index is 6.54. The normalized spacial score (nSPS) is 11.5. The molecule has 0 saturated heterocycles. The van der Waals surface area contributed by atoms with Crippen molar-refractivity contribution in [3.8, 4) is 0 Å². The highest BCUT2D eigenvalue weighted by Crippen LogP contribution is 2.33. The first-order chi connectivity index (χ1) is 9.74. The first kappa shape index (κ1) is 12.1. The Morgan fingerprint density at radius 3 is 2.50 bits per heavy atom. The Labute approximate surface area is 128 Å². The van der Waals surface area contributed by atoms with Gasteiger partial charge in [0, 0.05) is 16.2 Å². The van der Waals surface area contributed by atoms with E-state index in [1.54, 1.807) is 0 Å². The first-order valence-corrected chi connectivity index (χ1v) is 7.34. The minimum absolute atomic E-state index is 0.731. The molecule has 2 nitrogen and oxygen atoms in total. The summed E-state index contributed by atoms with van der Waals surface area (Å²) in [7, 11) is 0. The fourth-order valence-electron chi connectivity index (χ4n) is 2.46. The monoisotopic (exact) mass is 342 g/mol. The van der Waals surface area contributed by atoms with Crippen molar-refractivity contribution in [3.05, 3.63) is 58.2 Å². The number of aromatic nitrogens is 2. The summed E-state index contributed by atoms with van der Waals surface area (Å²) in [5, 5.41) is 3.69. The van der Waals surface area contributed by atoms with Crippen LogP contribution in [0.2, 0.25) is 5.02 Å². The highest BCUT2D eigenvalue weighted by atomic mass is 79.9. The molecule has 4 rings (SSSR count). The van der Waals surface area contributed by atoms with Crippen molar-refractivity contribution in [1.82, 2.24) is 9.97 Å². The predicted octanol–water partition coefficient (Wildman–Crippen LogP) is 5.35. The summed E-state index contributed by atoms with van der Waals surface area (Å²) in [4.78, 5) is 9.29. The molecule has 4 heteroatoms. The smallest absolute Gasteiger partial charge is 0.106 e. The van der Waals surface area contributed by atoms with Crippen LogP contribution in [-0.2, 0) is 0 Å². The van der Waals surface area contributed by atoms with Crippen LogP contribution in [0, 0.1) is 0 Å². The summed E-state index contributed by atoms with van der Waals surface area (Å²) in [5.74, 6) is 0. The number of benzene rings is 2. The molecule has 0 bridgehead atoms. The Kier molecular flexibility index (Phi) is 2.65. The van der Waals surface area contributed by atoms with Crippen molar-refractivity contribution in [1.29, 1.82) is 0 Å². The van der Waals surface area contributed by atoms with Gasteiger partial charge in [-0.25, -0.2) is 9.97 Å². The molecule has 2 heterocycles. The number of para-hydroxylation sites is 1. The molecule has 0 aliphatic heterocycles. The van der Waals surface area contributed by atoms with E-state index in [1.807, 2.05) is 48.5 Å². The van der Waals surface area contributed by atoms with Gasteiger partial charge in [0.15, 0.2) is 0 Å². The third kappa shape index (κ3) is 1.70. The lowest BCUT2D eigenvalue weighted by Crippen LogP contribution is -1.89. The van der Waals surface area contributed by atoms with E-state index in [4.69, 9.17) is 16.6 Å². The van der Waals surface area contributed by atoms with Crippen LogP contribution in [0.3, 0.4) is 0 Å². The van der Waals surface area contributed by atoms with Gasteiger partial charge in [0.2, 0.25) is 0 Å². The zero-order valence-electron chi connectivity index (χ0n) is 10.3. The number of hydrogen-bond acceptors (Lipinski definition) is 2. The van der Waals surface area contributed by atoms with Gasteiger partial charge in [-0.15, -0.1) is 0 Å². The molecule has 0 aliphatic rings. The molecule has 20 heavy (non-hydrogen) atoms. The second kappa shape index (κ2) is 4.40. The fraction of sp³-hybridized carbons (Fsp3) is 0. The minimum atomic E-state index is 0.731. The number of rotatable bonds is 0. The van der Waals surface area contributed by atoms with Gasteiger partial charge in [-0.1, -0.05) is 48.0 Å². The fourth-order valence-corrected chi connectivity index (χ4v) is 3.08. The largest absolute Gasteiger partial charge is 0.245 e. The van der Waals surface area contributed by atoms with Crippen LogP contribution in [0.4, 0.5) is 0 Å². The van der Waals surface area contributed by atoms with E-state index in [-0.39, 0.29) is 0 Å². The van der Waals surface area contributed by atoms with Crippen LogP contribution < -0.4 is 0 Å². The van der Waals surface area contributed by atoms with E-state index in [2.05, 4.69) is 20.9 Å². The standard InChI is InChI=1S/C16H8BrClN2/c17-13-8-6-9-5-7-11-14(18)10-3-1-2-4-12(10)19-16(11)15(9)20-13/h1-8H. The van der Waals surface area contributed by atoms with Gasteiger partial charge >= 0.3 is 0 Å². The second-order valence-corrected chi connectivity index (χ2v) is 5.80. The van der Waals surface area contributed by atoms with Gasteiger partial charge in [0.1, 0.15) is 4.60 Å². The van der Waals surface area contributed by atoms with E-state index in [0.29, 0.717) is 0 Å². The molecule has 0 unspecified atom stereocenters. The summed E-state index contributed by atoms with van der Waals surface area (Å²) in [5.41, 5.74) is 2.59. The second-order valence-electron chi connectivity index (χ2n) is 4.61. The number of halogens is 2. The van der Waals surface area contributed by atoms with Gasteiger partial charge in [-0.2, -0.15) is 0 Å². The zero-order valence-corrected chi connectivity index (χ0v) is 12.6. The highest BCUT2D eigenvalue weighted by molar-refractivity contribution is 9.10. The maximum Gasteiger partial charge on any atom is 0.106 e. The Morgan fingerprint density at radius 1 is 0.800 bits per heavy atom. The van der Waals surface area contributed by atoms with Crippen LogP contribution in [0.5, 0.6) is 0 Å². The highest BCUT2D eigenvalue weighted by Gasteiger charge is 2.10. The van der Waals surface area contributed by atoms with Crippen LogP contribution in [-0.4, -0.2) is 9.97 Å². The molecule has 0 saturated carbocycles. The van der Waals surface area contributed by atoms with E-state index in [1.165, 1.54) is 0 Å². The average molecular weight is 344 g/mol. The quantitative estimate of drug-likeness (QED) is 0.244. The van der Waals surface area contributed by atoms with Crippen molar-refractivity contribution in [2.75, 3.05) is 0 Å². The SMILES string of the molecule is Clc1c2ccccc2nc2c1ccc1ccc(Br)nc12. The van der Waals surface area contributed by atoms with Crippen LogP contribution in [0.15, 0.2) is 53.1 Å². The number of nitrogens with zero attached hydrogens (tertiary/aromatic N) is 2. The molecule has 4 aromatic rings.